The van der Waals surface area contributed by atoms with Gasteiger partial charge in [0.25, 0.3) is 15.9 Å². The minimum Gasteiger partial charge on any atom is -0.368 e. The summed E-state index contributed by atoms with van der Waals surface area (Å²) in [5.74, 6) is -0.717. The van der Waals surface area contributed by atoms with Crippen molar-refractivity contribution in [1.29, 1.82) is 0 Å². The Morgan fingerprint density at radius 3 is 2.21 bits per heavy atom. The van der Waals surface area contributed by atoms with Crippen LogP contribution < -0.4 is 9.62 Å². The van der Waals surface area contributed by atoms with E-state index >= 15 is 0 Å². The average Bonchev–Trinajstić information content (AvgIpc) is 2.79. The molecule has 1 heterocycles. The molecule has 1 N–H and O–H groups in total. The zero-order chi connectivity index (χ0) is 24.5. The van der Waals surface area contributed by atoms with Crippen LogP contribution in [0, 0.1) is 5.82 Å². The van der Waals surface area contributed by atoms with Crippen molar-refractivity contribution >= 4 is 62.1 Å². The van der Waals surface area contributed by atoms with E-state index in [-0.39, 0.29) is 32.0 Å². The van der Waals surface area contributed by atoms with Gasteiger partial charge in [0.05, 0.1) is 21.3 Å². The number of carbonyl (C=O) groups excluding carboxylic acids is 1. The molecule has 178 valence electrons. The highest BCUT2D eigenvalue weighted by molar-refractivity contribution is 7.92. The monoisotopic (exact) mass is 541 g/mol. The van der Waals surface area contributed by atoms with Crippen LogP contribution in [-0.4, -0.2) is 45.4 Å². The standard InChI is InChI=1S/C23H19Cl3FN3O3S/c24-15-2-1-3-17(12-15)28-34(32,33)22-13-19(20(25)14-21(22)26)23(31)30-10-8-29(9-11-30)18-6-4-16(27)5-7-18/h1-7,12-14,28H,8-11H2. The summed E-state index contributed by atoms with van der Waals surface area (Å²) < 4.78 is 41.6. The zero-order valence-electron chi connectivity index (χ0n) is 17.6. The third-order valence-electron chi connectivity index (χ3n) is 5.38. The molecule has 0 aromatic heterocycles. The lowest BCUT2D eigenvalue weighted by Gasteiger charge is -2.36. The summed E-state index contributed by atoms with van der Waals surface area (Å²) in [5, 5.41) is 0.299. The Hall–Kier alpha value is -2.52. The summed E-state index contributed by atoms with van der Waals surface area (Å²) in [6.45, 7) is 1.84. The van der Waals surface area contributed by atoms with Crippen molar-refractivity contribution in [2.75, 3.05) is 35.8 Å². The quantitative estimate of drug-likeness (QED) is 0.459. The van der Waals surface area contributed by atoms with Gasteiger partial charge in [-0.1, -0.05) is 40.9 Å². The molecule has 11 heteroatoms. The van der Waals surface area contributed by atoms with Crippen LogP contribution in [0.2, 0.25) is 15.1 Å². The summed E-state index contributed by atoms with van der Waals surface area (Å²) in [4.78, 5) is 16.6. The second kappa shape index (κ2) is 10.00. The van der Waals surface area contributed by atoms with Crippen LogP contribution in [0.3, 0.4) is 0 Å². The lowest BCUT2D eigenvalue weighted by Crippen LogP contribution is -2.48. The largest absolute Gasteiger partial charge is 0.368 e. The molecular weight excluding hydrogens is 524 g/mol. The van der Waals surface area contributed by atoms with Crippen molar-refractivity contribution in [3.05, 3.63) is 87.1 Å². The number of rotatable bonds is 5. The Morgan fingerprint density at radius 1 is 0.882 bits per heavy atom. The molecule has 0 spiro atoms. The Bertz CT molecular complexity index is 1330. The van der Waals surface area contributed by atoms with Crippen LogP contribution in [0.15, 0.2) is 65.6 Å². The predicted molar refractivity (Wildman–Crippen MR) is 133 cm³/mol. The maximum Gasteiger partial charge on any atom is 0.263 e. The SMILES string of the molecule is O=C(c1cc(S(=O)(=O)Nc2cccc(Cl)c2)c(Cl)cc1Cl)N1CCN(c2ccc(F)cc2)CC1. The molecule has 3 aromatic carbocycles. The third-order valence-corrected chi connectivity index (χ3v) is 7.77. The average molecular weight is 543 g/mol. The molecule has 0 unspecified atom stereocenters. The number of sulfonamides is 1. The summed E-state index contributed by atoms with van der Waals surface area (Å²) in [6, 6.07) is 14.8. The molecule has 1 amide bonds. The minimum atomic E-state index is -4.12. The van der Waals surface area contributed by atoms with Crippen molar-refractivity contribution in [1.82, 2.24) is 4.90 Å². The van der Waals surface area contributed by atoms with Gasteiger partial charge in [-0.15, -0.1) is 0 Å². The molecule has 6 nitrogen and oxygen atoms in total. The van der Waals surface area contributed by atoms with Gasteiger partial charge in [-0.05, 0) is 54.6 Å². The van der Waals surface area contributed by atoms with E-state index in [0.29, 0.717) is 31.2 Å². The van der Waals surface area contributed by atoms with Gasteiger partial charge in [-0.3, -0.25) is 9.52 Å². The van der Waals surface area contributed by atoms with E-state index in [0.717, 1.165) is 5.69 Å². The molecule has 0 saturated carbocycles. The van der Waals surface area contributed by atoms with E-state index in [1.165, 1.54) is 30.3 Å². The van der Waals surface area contributed by atoms with Crippen molar-refractivity contribution in [2.24, 2.45) is 0 Å². The van der Waals surface area contributed by atoms with Gasteiger partial charge >= 0.3 is 0 Å². The van der Waals surface area contributed by atoms with Gasteiger partial charge in [0.15, 0.2) is 0 Å². The zero-order valence-corrected chi connectivity index (χ0v) is 20.7. The fourth-order valence-electron chi connectivity index (χ4n) is 3.65. The molecule has 1 aliphatic rings. The van der Waals surface area contributed by atoms with Crippen LogP contribution >= 0.6 is 34.8 Å². The highest BCUT2D eigenvalue weighted by Gasteiger charge is 2.27. The first-order chi connectivity index (χ1) is 16.1. The summed E-state index contributed by atoms with van der Waals surface area (Å²) in [5.41, 5.74) is 1.15. The fraction of sp³-hybridized carbons (Fsp3) is 0.174. The van der Waals surface area contributed by atoms with Crippen molar-refractivity contribution in [3.63, 3.8) is 0 Å². The van der Waals surface area contributed by atoms with Gasteiger partial charge in [-0.25, -0.2) is 12.8 Å². The number of hydrogen-bond donors (Lipinski definition) is 1. The van der Waals surface area contributed by atoms with E-state index in [4.69, 9.17) is 34.8 Å². The van der Waals surface area contributed by atoms with Crippen LogP contribution in [0.5, 0.6) is 0 Å². The predicted octanol–water partition coefficient (Wildman–Crippen LogP) is 5.55. The van der Waals surface area contributed by atoms with Gasteiger partial charge in [0, 0.05) is 36.9 Å². The fourth-order valence-corrected chi connectivity index (χ4v) is 5.75. The van der Waals surface area contributed by atoms with Crippen LogP contribution in [0.25, 0.3) is 0 Å². The number of halogens is 4. The Kier molecular flexibility index (Phi) is 7.23. The molecular formula is C23H19Cl3FN3O3S. The first-order valence-electron chi connectivity index (χ1n) is 10.2. The molecule has 1 fully saturated rings. The molecule has 3 aromatic rings. The number of carbonyl (C=O) groups is 1. The second-order valence-corrected chi connectivity index (χ2v) is 10.5. The molecule has 0 radical (unpaired) electrons. The van der Waals surface area contributed by atoms with Gasteiger partial charge in [0.2, 0.25) is 0 Å². The minimum absolute atomic E-state index is 0.0350. The van der Waals surface area contributed by atoms with Crippen molar-refractivity contribution < 1.29 is 17.6 Å². The van der Waals surface area contributed by atoms with E-state index in [1.54, 1.807) is 35.2 Å². The van der Waals surface area contributed by atoms with E-state index in [2.05, 4.69) is 4.72 Å². The smallest absolute Gasteiger partial charge is 0.263 e. The van der Waals surface area contributed by atoms with Crippen LogP contribution in [0.1, 0.15) is 10.4 Å². The molecule has 34 heavy (non-hydrogen) atoms. The number of piperazine rings is 1. The number of benzene rings is 3. The first kappa shape index (κ1) is 24.6. The number of hydrogen-bond acceptors (Lipinski definition) is 4. The first-order valence-corrected chi connectivity index (χ1v) is 12.8. The van der Waals surface area contributed by atoms with E-state index in [1.807, 2.05) is 4.90 Å². The molecule has 0 aliphatic carbocycles. The Labute approximate surface area is 211 Å². The van der Waals surface area contributed by atoms with Crippen molar-refractivity contribution in [2.45, 2.75) is 4.90 Å². The number of nitrogens with one attached hydrogen (secondary N) is 1. The number of anilines is 2. The van der Waals surface area contributed by atoms with Crippen molar-refractivity contribution in [3.8, 4) is 0 Å². The molecule has 1 aliphatic heterocycles. The maximum atomic E-state index is 13.2. The van der Waals surface area contributed by atoms with Gasteiger partial charge in [-0.2, -0.15) is 0 Å². The number of amides is 1. The lowest BCUT2D eigenvalue weighted by atomic mass is 10.1. The molecule has 0 atom stereocenters. The topological polar surface area (TPSA) is 69.7 Å². The third kappa shape index (κ3) is 5.41. The summed E-state index contributed by atoms with van der Waals surface area (Å²) in [6.07, 6.45) is 0. The normalized spacial score (nSPS) is 14.2. The molecule has 0 bridgehead atoms. The van der Waals surface area contributed by atoms with Gasteiger partial charge in [0.1, 0.15) is 10.7 Å². The van der Waals surface area contributed by atoms with Crippen LogP contribution in [-0.2, 0) is 10.0 Å². The highest BCUT2D eigenvalue weighted by atomic mass is 35.5. The van der Waals surface area contributed by atoms with E-state index in [9.17, 15) is 17.6 Å². The second-order valence-electron chi connectivity index (χ2n) is 7.63. The maximum absolute atomic E-state index is 13.2. The van der Waals surface area contributed by atoms with E-state index < -0.39 is 15.9 Å². The Balaban J connectivity index is 1.53. The Morgan fingerprint density at radius 2 is 1.56 bits per heavy atom. The molecule has 4 rings (SSSR count). The summed E-state index contributed by atoms with van der Waals surface area (Å²) >= 11 is 18.4. The van der Waals surface area contributed by atoms with Gasteiger partial charge < -0.3 is 9.80 Å². The lowest BCUT2D eigenvalue weighted by molar-refractivity contribution is 0.0746. The summed E-state index contributed by atoms with van der Waals surface area (Å²) in [7, 11) is -4.12. The highest BCUT2D eigenvalue weighted by Crippen LogP contribution is 2.31. The molecule has 1 saturated heterocycles. The number of nitrogens with zero attached hydrogens (tertiary/aromatic N) is 2. The van der Waals surface area contributed by atoms with Crippen LogP contribution in [0.4, 0.5) is 15.8 Å².